The van der Waals surface area contributed by atoms with Gasteiger partial charge in [-0.2, -0.15) is 4.37 Å². The second-order valence-corrected chi connectivity index (χ2v) is 9.74. The van der Waals surface area contributed by atoms with Gasteiger partial charge in [-0.1, -0.05) is 6.07 Å². The quantitative estimate of drug-likeness (QED) is 0.831. The van der Waals surface area contributed by atoms with Crippen LogP contribution in [0.3, 0.4) is 0 Å². The number of nitrogens with zero attached hydrogens (tertiary/aromatic N) is 2. The van der Waals surface area contributed by atoms with Crippen LogP contribution in [0.4, 0.5) is 9.39 Å². The van der Waals surface area contributed by atoms with Crippen molar-refractivity contribution in [3.8, 4) is 0 Å². The van der Waals surface area contributed by atoms with Gasteiger partial charge in [0.05, 0.1) is 9.64 Å². The first-order valence-electron chi connectivity index (χ1n) is 8.19. The molecule has 1 aliphatic carbocycles. The molecule has 7 heteroatoms. The molecule has 1 aliphatic heterocycles. The van der Waals surface area contributed by atoms with Crippen molar-refractivity contribution in [3.63, 3.8) is 0 Å². The number of anilines is 1. The summed E-state index contributed by atoms with van der Waals surface area (Å²) in [5.74, 6) is -0.346. The minimum absolute atomic E-state index is 0.130. The highest BCUT2D eigenvalue weighted by Crippen LogP contribution is 2.55. The lowest BCUT2D eigenvalue weighted by molar-refractivity contribution is 0.371. The first-order chi connectivity index (χ1) is 11.5. The van der Waals surface area contributed by atoms with E-state index in [-0.39, 0.29) is 10.8 Å². The van der Waals surface area contributed by atoms with E-state index in [0.29, 0.717) is 12.8 Å². The second kappa shape index (κ2) is 5.81. The Hall–Kier alpha value is -1.47. The Morgan fingerprint density at radius 1 is 1.21 bits per heavy atom. The lowest BCUT2D eigenvalue weighted by Gasteiger charge is -2.36. The van der Waals surface area contributed by atoms with Gasteiger partial charge in [0.1, 0.15) is 10.8 Å². The van der Waals surface area contributed by atoms with E-state index in [2.05, 4.69) is 9.27 Å². The zero-order valence-corrected chi connectivity index (χ0v) is 14.8. The van der Waals surface area contributed by atoms with Gasteiger partial charge >= 0.3 is 0 Å². The molecule has 1 saturated heterocycles. The summed E-state index contributed by atoms with van der Waals surface area (Å²) >= 11 is 1.47. The molecule has 4 nitrogen and oxygen atoms in total. The van der Waals surface area contributed by atoms with E-state index in [1.54, 1.807) is 6.20 Å². The number of rotatable bonds is 4. The van der Waals surface area contributed by atoms with Crippen LogP contribution >= 0.6 is 11.5 Å². The van der Waals surface area contributed by atoms with Crippen LogP contribution in [0.25, 0.3) is 0 Å². The fourth-order valence-corrected chi connectivity index (χ4v) is 6.85. The van der Waals surface area contributed by atoms with Crippen LogP contribution in [0.15, 0.2) is 41.4 Å². The van der Waals surface area contributed by atoms with E-state index in [0.717, 1.165) is 37.0 Å². The molecule has 0 bridgehead atoms. The Labute approximate surface area is 145 Å². The molecule has 0 amide bonds. The van der Waals surface area contributed by atoms with Gasteiger partial charge < -0.3 is 4.90 Å². The van der Waals surface area contributed by atoms with Crippen molar-refractivity contribution >= 4 is 26.4 Å². The largest absolute Gasteiger partial charge is 0.362 e. The average Bonchev–Trinajstić information content (AvgIpc) is 3.24. The molecule has 0 N–H and O–H groups in total. The summed E-state index contributed by atoms with van der Waals surface area (Å²) in [5, 5.41) is 1.14. The first kappa shape index (κ1) is 16.0. The molecule has 0 radical (unpaired) electrons. The summed E-state index contributed by atoms with van der Waals surface area (Å²) in [7, 11) is -3.49. The van der Waals surface area contributed by atoms with E-state index >= 15 is 0 Å². The Morgan fingerprint density at radius 2 is 1.96 bits per heavy atom. The van der Waals surface area contributed by atoms with Crippen molar-refractivity contribution < 1.29 is 12.8 Å². The number of hydrogen-bond acceptors (Lipinski definition) is 5. The second-order valence-electron chi connectivity index (χ2n) is 6.64. The monoisotopic (exact) mass is 366 g/mol. The number of hydrogen-bond donors (Lipinski definition) is 0. The summed E-state index contributed by atoms with van der Waals surface area (Å²) in [6.07, 6.45) is 4.88. The van der Waals surface area contributed by atoms with Crippen molar-refractivity contribution in [1.82, 2.24) is 4.37 Å². The third-order valence-corrected chi connectivity index (χ3v) is 8.85. The molecule has 0 atom stereocenters. The van der Waals surface area contributed by atoms with E-state index in [1.165, 1.54) is 29.7 Å². The molecular formula is C17H19FN2O2S2. The van der Waals surface area contributed by atoms with Crippen molar-refractivity contribution in [2.45, 2.75) is 35.3 Å². The lowest BCUT2D eigenvalue weighted by Crippen LogP contribution is -2.41. The summed E-state index contributed by atoms with van der Waals surface area (Å²) in [6, 6.07) is 7.44. The zero-order chi connectivity index (χ0) is 16.8. The number of aromatic nitrogens is 1. The molecule has 0 unspecified atom stereocenters. The molecule has 2 heterocycles. The van der Waals surface area contributed by atoms with Crippen molar-refractivity contribution in [2.24, 2.45) is 5.92 Å². The molecule has 2 fully saturated rings. The number of sulfone groups is 1. The molecule has 128 valence electrons. The van der Waals surface area contributed by atoms with Crippen molar-refractivity contribution in [2.75, 3.05) is 18.0 Å². The van der Waals surface area contributed by atoms with Gasteiger partial charge in [0.25, 0.3) is 0 Å². The van der Waals surface area contributed by atoms with E-state index in [4.69, 9.17) is 0 Å². The molecule has 0 spiro atoms. The van der Waals surface area contributed by atoms with Gasteiger partial charge in [0.2, 0.25) is 0 Å². The molecule has 2 aliphatic rings. The summed E-state index contributed by atoms with van der Waals surface area (Å²) in [5.41, 5.74) is 0. The molecular weight excluding hydrogens is 347 g/mol. The fraction of sp³-hybridized carbons (Fsp3) is 0.471. The Bertz CT molecular complexity index is 824. The molecule has 2 aromatic rings. The van der Waals surface area contributed by atoms with Crippen molar-refractivity contribution in [3.05, 3.63) is 42.3 Å². The number of halogens is 1. The van der Waals surface area contributed by atoms with Gasteiger partial charge in [-0.25, -0.2) is 12.8 Å². The van der Waals surface area contributed by atoms with E-state index < -0.39 is 20.4 Å². The predicted molar refractivity (Wildman–Crippen MR) is 92.6 cm³/mol. The molecule has 1 aromatic carbocycles. The molecule has 1 saturated carbocycles. The molecule has 24 heavy (non-hydrogen) atoms. The Morgan fingerprint density at radius 3 is 2.54 bits per heavy atom. The van der Waals surface area contributed by atoms with Gasteiger partial charge in [-0.3, -0.25) is 0 Å². The smallest absolute Gasteiger partial charge is 0.184 e. The SMILES string of the molecule is O=S(=O)(c1cccc(F)c1)C1(C2CCN(c3ccns3)CC2)CC1. The van der Waals surface area contributed by atoms with Crippen LogP contribution < -0.4 is 4.90 Å². The van der Waals surface area contributed by atoms with Crippen molar-refractivity contribution in [1.29, 1.82) is 0 Å². The minimum atomic E-state index is -3.49. The van der Waals surface area contributed by atoms with Crippen LogP contribution in [-0.2, 0) is 9.84 Å². The minimum Gasteiger partial charge on any atom is -0.362 e. The highest BCUT2D eigenvalue weighted by molar-refractivity contribution is 7.93. The molecule has 1 aromatic heterocycles. The van der Waals surface area contributed by atoms with Gasteiger partial charge in [0, 0.05) is 19.3 Å². The van der Waals surface area contributed by atoms with E-state index in [9.17, 15) is 12.8 Å². The number of benzene rings is 1. The zero-order valence-electron chi connectivity index (χ0n) is 13.2. The fourth-order valence-electron chi connectivity index (χ4n) is 3.89. The van der Waals surface area contributed by atoms with Crippen LogP contribution in [0.5, 0.6) is 0 Å². The summed E-state index contributed by atoms with van der Waals surface area (Å²) in [4.78, 5) is 2.41. The maximum atomic E-state index is 13.5. The highest BCUT2D eigenvalue weighted by Gasteiger charge is 2.59. The summed E-state index contributed by atoms with van der Waals surface area (Å²) < 4.78 is 43.1. The maximum absolute atomic E-state index is 13.5. The Kier molecular flexibility index (Phi) is 3.88. The van der Waals surface area contributed by atoms with E-state index in [1.807, 2.05) is 6.07 Å². The normalized spacial score (nSPS) is 21.0. The van der Waals surface area contributed by atoms with Gasteiger partial charge in [-0.15, -0.1) is 0 Å². The summed E-state index contributed by atoms with van der Waals surface area (Å²) in [6.45, 7) is 1.71. The van der Waals surface area contributed by atoms with Crippen LogP contribution in [0.1, 0.15) is 25.7 Å². The predicted octanol–water partition coefficient (Wildman–Crippen LogP) is 3.51. The van der Waals surface area contributed by atoms with Crippen LogP contribution in [0, 0.1) is 11.7 Å². The Balaban J connectivity index is 1.54. The van der Waals surface area contributed by atoms with Crippen LogP contribution in [-0.4, -0.2) is 30.6 Å². The lowest BCUT2D eigenvalue weighted by atomic mass is 9.91. The average molecular weight is 366 g/mol. The standard InChI is InChI=1S/C17H19FN2O2S2/c18-14-2-1-3-15(12-14)24(21,22)17(7-8-17)13-5-10-20(11-6-13)16-4-9-19-23-16/h1-4,9,12-13H,5-8,10-11H2. The van der Waals surface area contributed by atoms with Crippen LogP contribution in [0.2, 0.25) is 0 Å². The molecule has 4 rings (SSSR count). The number of piperidine rings is 1. The maximum Gasteiger partial charge on any atom is 0.184 e. The highest BCUT2D eigenvalue weighted by atomic mass is 32.2. The third-order valence-electron chi connectivity index (χ3n) is 5.36. The first-order valence-corrected chi connectivity index (χ1v) is 10.4. The van der Waals surface area contributed by atoms with Gasteiger partial charge in [-0.05, 0) is 67.4 Å². The van der Waals surface area contributed by atoms with Gasteiger partial charge in [0.15, 0.2) is 9.84 Å². The third kappa shape index (κ3) is 2.54. The topological polar surface area (TPSA) is 50.3 Å².